The Hall–Kier alpha value is -0.0400. The molecule has 0 aromatic heterocycles. The van der Waals surface area contributed by atoms with Gasteiger partial charge >= 0.3 is 0 Å². The van der Waals surface area contributed by atoms with E-state index in [1.54, 1.807) is 0 Å². The minimum Gasteiger partial charge on any atom is -0.301 e. The van der Waals surface area contributed by atoms with Crippen molar-refractivity contribution in [3.05, 3.63) is 0 Å². The van der Waals surface area contributed by atoms with Gasteiger partial charge in [0.2, 0.25) is 0 Å². The van der Waals surface area contributed by atoms with Crippen LogP contribution in [0.15, 0.2) is 0 Å². The lowest BCUT2D eigenvalue weighted by atomic mass is 9.99. The molecule has 2 unspecified atom stereocenters. The van der Waals surface area contributed by atoms with Crippen molar-refractivity contribution in [3.63, 3.8) is 0 Å². The quantitative estimate of drug-likeness (QED) is 0.645. The molecule has 0 saturated carbocycles. The van der Waals surface area contributed by atoms with Gasteiger partial charge in [0.15, 0.2) is 0 Å². The van der Waals surface area contributed by atoms with Crippen LogP contribution in [0.1, 0.15) is 72.1 Å². The van der Waals surface area contributed by atoms with Gasteiger partial charge in [-0.25, -0.2) is 0 Å². The summed E-state index contributed by atoms with van der Waals surface area (Å²) in [6.45, 7) is 9.83. The SMILES string of the molecule is CCC(C)CCCC(C)N1CCCCCC1. The van der Waals surface area contributed by atoms with E-state index in [1.165, 1.54) is 64.5 Å². The average Bonchev–Trinajstić information content (AvgIpc) is 2.57. The first-order valence-electron chi connectivity index (χ1n) is 7.48. The summed E-state index contributed by atoms with van der Waals surface area (Å²) in [7, 11) is 0. The summed E-state index contributed by atoms with van der Waals surface area (Å²) in [5.41, 5.74) is 0. The third-order valence-electron chi connectivity index (χ3n) is 4.28. The van der Waals surface area contributed by atoms with Crippen LogP contribution >= 0.6 is 0 Å². The number of rotatable bonds is 6. The maximum absolute atomic E-state index is 2.73. The second-order valence-corrected chi connectivity index (χ2v) is 5.74. The molecule has 96 valence electrons. The summed E-state index contributed by atoms with van der Waals surface area (Å²) >= 11 is 0. The highest BCUT2D eigenvalue weighted by Gasteiger charge is 2.15. The topological polar surface area (TPSA) is 3.24 Å². The van der Waals surface area contributed by atoms with E-state index in [-0.39, 0.29) is 0 Å². The number of likely N-dealkylation sites (tertiary alicyclic amines) is 1. The molecule has 1 aliphatic rings. The van der Waals surface area contributed by atoms with E-state index >= 15 is 0 Å². The zero-order valence-electron chi connectivity index (χ0n) is 11.7. The number of nitrogens with zero attached hydrogens (tertiary/aromatic N) is 1. The Labute approximate surface area is 103 Å². The lowest BCUT2D eigenvalue weighted by Gasteiger charge is -2.27. The molecule has 1 aliphatic heterocycles. The van der Waals surface area contributed by atoms with Crippen molar-refractivity contribution < 1.29 is 0 Å². The van der Waals surface area contributed by atoms with Crippen LogP contribution in [0, 0.1) is 5.92 Å². The fourth-order valence-electron chi connectivity index (χ4n) is 2.68. The molecule has 0 aromatic rings. The monoisotopic (exact) mass is 225 g/mol. The van der Waals surface area contributed by atoms with Crippen molar-refractivity contribution in [1.82, 2.24) is 4.90 Å². The van der Waals surface area contributed by atoms with Gasteiger partial charge in [-0.15, -0.1) is 0 Å². The molecule has 1 rings (SSSR count). The molecular weight excluding hydrogens is 194 g/mol. The van der Waals surface area contributed by atoms with E-state index < -0.39 is 0 Å². The van der Waals surface area contributed by atoms with Gasteiger partial charge in [-0.05, 0) is 45.2 Å². The summed E-state index contributed by atoms with van der Waals surface area (Å²) in [5.74, 6) is 0.927. The zero-order valence-corrected chi connectivity index (χ0v) is 11.7. The molecule has 1 heterocycles. The van der Waals surface area contributed by atoms with Crippen LogP contribution in [-0.2, 0) is 0 Å². The molecule has 0 N–H and O–H groups in total. The Morgan fingerprint density at radius 2 is 1.56 bits per heavy atom. The first-order valence-corrected chi connectivity index (χ1v) is 7.48. The van der Waals surface area contributed by atoms with Gasteiger partial charge in [0.05, 0.1) is 0 Å². The highest BCUT2D eigenvalue weighted by Crippen LogP contribution is 2.18. The summed E-state index contributed by atoms with van der Waals surface area (Å²) in [6.07, 6.45) is 11.4. The van der Waals surface area contributed by atoms with E-state index in [9.17, 15) is 0 Å². The van der Waals surface area contributed by atoms with E-state index in [0.29, 0.717) is 0 Å². The molecule has 0 aromatic carbocycles. The maximum atomic E-state index is 2.73. The average molecular weight is 225 g/mol. The van der Waals surface area contributed by atoms with Crippen LogP contribution in [0.5, 0.6) is 0 Å². The zero-order chi connectivity index (χ0) is 11.8. The Balaban J connectivity index is 2.14. The van der Waals surface area contributed by atoms with E-state index in [1.807, 2.05) is 0 Å². The highest BCUT2D eigenvalue weighted by molar-refractivity contribution is 4.70. The van der Waals surface area contributed by atoms with Crippen molar-refractivity contribution in [1.29, 1.82) is 0 Å². The minimum atomic E-state index is 0.821. The molecular formula is C15H31N. The normalized spacial score (nSPS) is 22.7. The second-order valence-electron chi connectivity index (χ2n) is 5.74. The van der Waals surface area contributed by atoms with Gasteiger partial charge in [0.25, 0.3) is 0 Å². The second kappa shape index (κ2) is 8.11. The van der Waals surface area contributed by atoms with Crippen molar-refractivity contribution in [2.75, 3.05) is 13.1 Å². The molecule has 1 saturated heterocycles. The summed E-state index contributed by atoms with van der Waals surface area (Å²) in [5, 5.41) is 0. The molecule has 16 heavy (non-hydrogen) atoms. The van der Waals surface area contributed by atoms with E-state index in [0.717, 1.165) is 12.0 Å². The molecule has 0 amide bonds. The highest BCUT2D eigenvalue weighted by atomic mass is 15.1. The third-order valence-corrected chi connectivity index (χ3v) is 4.28. The molecule has 1 fully saturated rings. The largest absolute Gasteiger partial charge is 0.301 e. The Bertz CT molecular complexity index is 159. The maximum Gasteiger partial charge on any atom is 0.00669 e. The smallest absolute Gasteiger partial charge is 0.00669 e. The van der Waals surface area contributed by atoms with Gasteiger partial charge in [-0.2, -0.15) is 0 Å². The van der Waals surface area contributed by atoms with Crippen LogP contribution < -0.4 is 0 Å². The predicted molar refractivity (Wildman–Crippen MR) is 72.8 cm³/mol. The Morgan fingerprint density at radius 1 is 0.938 bits per heavy atom. The van der Waals surface area contributed by atoms with Crippen LogP contribution in [-0.4, -0.2) is 24.0 Å². The van der Waals surface area contributed by atoms with E-state index in [4.69, 9.17) is 0 Å². The lowest BCUT2D eigenvalue weighted by Crippen LogP contribution is -2.33. The fourth-order valence-corrected chi connectivity index (χ4v) is 2.68. The van der Waals surface area contributed by atoms with E-state index in [2.05, 4.69) is 25.7 Å². The summed E-state index contributed by atoms with van der Waals surface area (Å²) in [4.78, 5) is 2.73. The molecule has 0 bridgehead atoms. The fraction of sp³-hybridized carbons (Fsp3) is 1.00. The van der Waals surface area contributed by atoms with Crippen molar-refractivity contribution in [2.24, 2.45) is 5.92 Å². The minimum absolute atomic E-state index is 0.821. The molecule has 2 atom stereocenters. The standard InChI is InChI=1S/C15H31N/c1-4-14(2)10-9-11-15(3)16-12-7-5-6-8-13-16/h14-15H,4-13H2,1-3H3. The third kappa shape index (κ3) is 5.34. The van der Waals surface area contributed by atoms with Gasteiger partial charge < -0.3 is 4.90 Å². The number of hydrogen-bond acceptors (Lipinski definition) is 1. The molecule has 1 nitrogen and oxygen atoms in total. The first-order chi connectivity index (χ1) is 7.74. The summed E-state index contributed by atoms with van der Waals surface area (Å²) in [6, 6.07) is 0.821. The van der Waals surface area contributed by atoms with Crippen LogP contribution in [0.2, 0.25) is 0 Å². The Morgan fingerprint density at radius 3 is 2.12 bits per heavy atom. The Kier molecular flexibility index (Phi) is 7.11. The van der Waals surface area contributed by atoms with Crippen molar-refractivity contribution in [2.45, 2.75) is 78.2 Å². The molecule has 1 heteroatoms. The molecule has 0 spiro atoms. The van der Waals surface area contributed by atoms with Gasteiger partial charge in [-0.3, -0.25) is 0 Å². The predicted octanol–water partition coefficient (Wildman–Crippen LogP) is 4.47. The molecule has 0 aliphatic carbocycles. The van der Waals surface area contributed by atoms with Gasteiger partial charge in [0.1, 0.15) is 0 Å². The van der Waals surface area contributed by atoms with Gasteiger partial charge in [0, 0.05) is 6.04 Å². The van der Waals surface area contributed by atoms with Crippen molar-refractivity contribution in [3.8, 4) is 0 Å². The van der Waals surface area contributed by atoms with Crippen LogP contribution in [0.3, 0.4) is 0 Å². The lowest BCUT2D eigenvalue weighted by molar-refractivity contribution is 0.202. The first kappa shape index (κ1) is 14.0. The van der Waals surface area contributed by atoms with Crippen LogP contribution in [0.4, 0.5) is 0 Å². The van der Waals surface area contributed by atoms with Crippen LogP contribution in [0.25, 0.3) is 0 Å². The molecule has 0 radical (unpaired) electrons. The number of hydrogen-bond donors (Lipinski definition) is 0. The summed E-state index contributed by atoms with van der Waals surface area (Å²) < 4.78 is 0. The van der Waals surface area contributed by atoms with Crippen molar-refractivity contribution >= 4 is 0 Å². The van der Waals surface area contributed by atoms with Gasteiger partial charge in [-0.1, -0.05) is 46.0 Å².